The van der Waals surface area contributed by atoms with E-state index in [0.29, 0.717) is 25.9 Å². The van der Waals surface area contributed by atoms with Crippen molar-refractivity contribution in [1.82, 2.24) is 0 Å². The van der Waals surface area contributed by atoms with Crippen molar-refractivity contribution in [2.24, 2.45) is 5.41 Å². The van der Waals surface area contributed by atoms with E-state index in [1.54, 1.807) is 0 Å². The van der Waals surface area contributed by atoms with Crippen LogP contribution in [-0.2, 0) is 45.6 Å². The summed E-state index contributed by atoms with van der Waals surface area (Å²) < 4.78 is 0. The fraction of sp³-hybridized carbons (Fsp3) is 0.857. The minimum absolute atomic E-state index is 0. The number of ketones is 1. The molecule has 4 nitrogen and oxygen atoms in total. The van der Waals surface area contributed by atoms with E-state index < -0.39 is 11.4 Å². The zero-order valence-corrected chi connectivity index (χ0v) is 15.0. The van der Waals surface area contributed by atoms with Gasteiger partial charge in [0.2, 0.25) is 0 Å². The predicted molar refractivity (Wildman–Crippen MR) is 69.9 cm³/mol. The summed E-state index contributed by atoms with van der Waals surface area (Å²) in [4.78, 5) is 33.8. The molecule has 0 aromatic heterocycles. The Morgan fingerprint density at radius 1 is 1.00 bits per heavy atom. The molecule has 0 aromatic rings. The van der Waals surface area contributed by atoms with Crippen molar-refractivity contribution in [2.45, 2.75) is 66.2 Å². The molecule has 0 spiro atoms. The quantitative estimate of drug-likeness (QED) is 0.262. The van der Waals surface area contributed by atoms with Crippen LogP contribution in [0.2, 0.25) is 0 Å². The van der Waals surface area contributed by atoms with Crippen LogP contribution in [0.3, 0.4) is 0 Å². The average molecular weight is 350 g/mol. The summed E-state index contributed by atoms with van der Waals surface area (Å²) in [5, 5.41) is 0. The molecule has 5 heteroatoms. The van der Waals surface area contributed by atoms with Gasteiger partial charge in [0.15, 0.2) is 0 Å². The average Bonchev–Trinajstić information content (AvgIpc) is 2.37. The number of unbranched alkanes of at least 4 members (excludes halogenated alkanes) is 1. The van der Waals surface area contributed by atoms with Gasteiger partial charge in [-0.05, 0) is 25.7 Å². The molecule has 0 aliphatic heterocycles. The molecular weight excluding hydrogens is 323 g/mol. The van der Waals surface area contributed by atoms with E-state index in [4.69, 9.17) is 9.78 Å². The van der Waals surface area contributed by atoms with Gasteiger partial charge < -0.3 is 0 Å². The second kappa shape index (κ2) is 11.8. The molecule has 0 radical (unpaired) electrons. The first-order valence-corrected chi connectivity index (χ1v) is 6.96. The third-order valence-electron chi connectivity index (χ3n) is 3.32. The molecule has 0 aliphatic carbocycles. The number of Topliss-reactive ketones (excluding diaryl/α,β-unsaturated/α-hetero) is 1. The van der Waals surface area contributed by atoms with Crippen LogP contribution in [0.25, 0.3) is 0 Å². The van der Waals surface area contributed by atoms with E-state index in [9.17, 15) is 9.59 Å². The molecule has 0 saturated carbocycles. The van der Waals surface area contributed by atoms with Gasteiger partial charge in [0.25, 0.3) is 0 Å². The number of rotatable bonds is 10. The molecule has 110 valence electrons. The summed E-state index contributed by atoms with van der Waals surface area (Å²) in [7, 11) is 0. The van der Waals surface area contributed by atoms with E-state index in [1.165, 1.54) is 0 Å². The fourth-order valence-electron chi connectivity index (χ4n) is 1.89. The Labute approximate surface area is 135 Å². The minimum Gasteiger partial charge on any atom is -0.298 e. The molecule has 0 bridgehead atoms. The van der Waals surface area contributed by atoms with Gasteiger partial charge in [-0.3, -0.25) is 9.68 Å². The summed E-state index contributed by atoms with van der Waals surface area (Å²) in [6, 6.07) is 0. The Morgan fingerprint density at radius 3 is 2.00 bits per heavy atom. The smallest absolute Gasteiger partial charge is 0.298 e. The van der Waals surface area contributed by atoms with E-state index in [1.807, 2.05) is 27.7 Å². The van der Waals surface area contributed by atoms with Crippen LogP contribution in [0.15, 0.2) is 0 Å². The first-order chi connectivity index (χ1) is 8.58. The van der Waals surface area contributed by atoms with Crippen LogP contribution >= 0.6 is 0 Å². The topological polar surface area (TPSA) is 52.6 Å². The van der Waals surface area contributed by atoms with Crippen molar-refractivity contribution in [3.63, 3.8) is 0 Å². The Kier molecular flexibility index (Phi) is 13.2. The third-order valence-corrected chi connectivity index (χ3v) is 3.32. The van der Waals surface area contributed by atoms with Gasteiger partial charge in [0, 0.05) is 32.6 Å². The van der Waals surface area contributed by atoms with Gasteiger partial charge in [0.05, 0.1) is 6.61 Å². The largest absolute Gasteiger partial charge is 0.355 e. The van der Waals surface area contributed by atoms with E-state index in [0.717, 1.165) is 19.3 Å². The number of hydrogen-bond donors (Lipinski definition) is 0. The van der Waals surface area contributed by atoms with Gasteiger partial charge in [-0.2, -0.15) is 4.89 Å². The van der Waals surface area contributed by atoms with Crippen LogP contribution in [0, 0.1) is 5.41 Å². The summed E-state index contributed by atoms with van der Waals surface area (Å²) in [6.45, 7) is 8.01. The number of hydrogen-bond acceptors (Lipinski definition) is 4. The van der Waals surface area contributed by atoms with Crippen molar-refractivity contribution >= 4 is 11.8 Å². The summed E-state index contributed by atoms with van der Waals surface area (Å²) in [6.07, 6.45) is 3.87. The molecule has 0 rings (SSSR count). The zero-order valence-electron chi connectivity index (χ0n) is 12.6. The molecule has 19 heavy (non-hydrogen) atoms. The van der Waals surface area contributed by atoms with Crippen LogP contribution in [-0.4, -0.2) is 18.4 Å². The van der Waals surface area contributed by atoms with E-state index in [2.05, 4.69) is 0 Å². The standard InChI is InChI=1S/C14H26O4.Zr/c1-5-9-11-17-18-13(16)14(7-3,8-4)12(15)10-6-2;/h5-11H2,1-4H3;. The van der Waals surface area contributed by atoms with Crippen molar-refractivity contribution < 1.29 is 45.6 Å². The molecule has 0 unspecified atom stereocenters. The molecule has 0 amide bonds. The Bertz CT molecular complexity index is 262. The number of carbonyl (C=O) groups excluding carboxylic acids is 2. The van der Waals surface area contributed by atoms with Gasteiger partial charge >= 0.3 is 5.97 Å². The molecule has 0 aliphatic rings. The van der Waals surface area contributed by atoms with Gasteiger partial charge in [-0.1, -0.05) is 34.1 Å². The van der Waals surface area contributed by atoms with Crippen molar-refractivity contribution in [1.29, 1.82) is 0 Å². The molecular formula is C14H26O4Zr. The Balaban J connectivity index is 0. The summed E-state index contributed by atoms with van der Waals surface area (Å²) in [5.41, 5.74) is -1.03. The summed E-state index contributed by atoms with van der Waals surface area (Å²) in [5.74, 6) is -0.582. The first kappa shape index (κ1) is 21.3. The molecule has 0 aromatic carbocycles. The SMILES string of the molecule is CCCCOOC(=O)C(CC)(CC)C(=O)CCC.[Zr]. The Hall–Kier alpha value is -0.0169. The van der Waals surface area contributed by atoms with E-state index in [-0.39, 0.29) is 32.0 Å². The van der Waals surface area contributed by atoms with Crippen molar-refractivity contribution in [2.75, 3.05) is 6.61 Å². The fourth-order valence-corrected chi connectivity index (χ4v) is 1.89. The molecule has 0 saturated heterocycles. The Morgan fingerprint density at radius 2 is 1.58 bits per heavy atom. The molecule has 0 fully saturated rings. The van der Waals surface area contributed by atoms with Crippen molar-refractivity contribution in [3.05, 3.63) is 0 Å². The maximum Gasteiger partial charge on any atom is 0.355 e. The van der Waals surface area contributed by atoms with Crippen LogP contribution < -0.4 is 0 Å². The normalized spacial score (nSPS) is 10.7. The second-order valence-corrected chi connectivity index (χ2v) is 4.51. The third kappa shape index (κ3) is 6.31. The van der Waals surface area contributed by atoms with Crippen LogP contribution in [0.1, 0.15) is 66.2 Å². The number of carbonyl (C=O) groups is 2. The summed E-state index contributed by atoms with van der Waals surface area (Å²) >= 11 is 0. The maximum atomic E-state index is 12.1. The maximum absolute atomic E-state index is 12.1. The van der Waals surface area contributed by atoms with Crippen molar-refractivity contribution in [3.8, 4) is 0 Å². The van der Waals surface area contributed by atoms with E-state index >= 15 is 0 Å². The monoisotopic (exact) mass is 348 g/mol. The minimum atomic E-state index is -1.03. The first-order valence-electron chi connectivity index (χ1n) is 6.96. The molecule has 0 N–H and O–H groups in total. The van der Waals surface area contributed by atoms with Gasteiger partial charge in [0.1, 0.15) is 11.2 Å². The predicted octanol–water partition coefficient (Wildman–Crippen LogP) is 3.43. The second-order valence-electron chi connectivity index (χ2n) is 4.51. The van der Waals surface area contributed by atoms with Crippen LogP contribution in [0.5, 0.6) is 0 Å². The van der Waals surface area contributed by atoms with Crippen LogP contribution in [0.4, 0.5) is 0 Å². The van der Waals surface area contributed by atoms with Gasteiger partial charge in [-0.25, -0.2) is 4.79 Å². The van der Waals surface area contributed by atoms with Gasteiger partial charge in [-0.15, -0.1) is 0 Å². The zero-order chi connectivity index (χ0) is 14.0. The molecule has 0 atom stereocenters. The molecule has 0 heterocycles.